The lowest BCUT2D eigenvalue weighted by Gasteiger charge is -2.17. The van der Waals surface area contributed by atoms with Gasteiger partial charge in [0.25, 0.3) is 0 Å². The zero-order chi connectivity index (χ0) is 11.4. The third kappa shape index (κ3) is 3.00. The molecule has 2 unspecified atom stereocenters. The van der Waals surface area contributed by atoms with Crippen LogP contribution in [0.5, 0.6) is 0 Å². The van der Waals surface area contributed by atoms with Crippen LogP contribution in [0, 0.1) is 0 Å². The van der Waals surface area contributed by atoms with Gasteiger partial charge in [-0.3, -0.25) is 0 Å². The molecular weight excluding hydrogens is 220 g/mol. The van der Waals surface area contributed by atoms with Gasteiger partial charge in [0.15, 0.2) is 0 Å². The monoisotopic (exact) mass is 232 g/mol. The fraction of sp³-hybridized carbons (Fsp3) is 0.500. The van der Waals surface area contributed by atoms with Crippen LogP contribution in [-0.2, 0) is 0 Å². The summed E-state index contributed by atoms with van der Waals surface area (Å²) in [6, 6.07) is 0. The quantitative estimate of drug-likeness (QED) is 0.554. The maximum atomic E-state index is 9.68. The lowest BCUT2D eigenvalue weighted by atomic mass is 10.1. The number of nitrogen functional groups attached to an aromatic ring is 1. The number of nitrogens with two attached hydrogens (primary N) is 2. The van der Waals surface area contributed by atoms with E-state index in [0.29, 0.717) is 0 Å². The van der Waals surface area contributed by atoms with Crippen LogP contribution >= 0.6 is 11.6 Å². The lowest BCUT2D eigenvalue weighted by Crippen LogP contribution is -2.23. The molecule has 0 aromatic carbocycles. The molecule has 6 N–H and O–H groups in total. The second kappa shape index (κ2) is 5.22. The summed E-state index contributed by atoms with van der Waals surface area (Å²) in [7, 11) is 0. The molecule has 2 atom stereocenters. The van der Waals surface area contributed by atoms with Gasteiger partial charge in [0.2, 0.25) is 0 Å². The van der Waals surface area contributed by atoms with Gasteiger partial charge in [-0.1, -0.05) is 11.6 Å². The number of aliphatic hydroxyl groups excluding tert-OH is 2. The van der Waals surface area contributed by atoms with Crippen molar-refractivity contribution in [3.05, 3.63) is 17.0 Å². The topological polar surface area (TPSA) is 118 Å². The Kier molecular flexibility index (Phi) is 4.22. The molecule has 0 aliphatic rings. The van der Waals surface area contributed by atoms with Crippen molar-refractivity contribution in [2.24, 2.45) is 5.73 Å². The molecular formula is C8H13ClN4O2. The van der Waals surface area contributed by atoms with E-state index < -0.39 is 12.2 Å². The Labute approximate surface area is 91.9 Å². The minimum absolute atomic E-state index is 0.0444. The number of hydrogen-bond donors (Lipinski definition) is 4. The average molecular weight is 233 g/mol. The molecule has 1 rings (SSSR count). The normalized spacial score (nSPS) is 14.9. The summed E-state index contributed by atoms with van der Waals surface area (Å²) < 4.78 is 0. The second-order valence-corrected chi connectivity index (χ2v) is 3.44. The number of rotatable bonds is 4. The van der Waals surface area contributed by atoms with E-state index in [2.05, 4.69) is 9.97 Å². The number of hydrogen-bond acceptors (Lipinski definition) is 6. The Morgan fingerprint density at radius 1 is 1.47 bits per heavy atom. The highest BCUT2D eigenvalue weighted by atomic mass is 35.5. The molecule has 0 spiro atoms. The van der Waals surface area contributed by atoms with Gasteiger partial charge in [-0.15, -0.1) is 0 Å². The molecule has 84 valence electrons. The zero-order valence-corrected chi connectivity index (χ0v) is 8.72. The Morgan fingerprint density at radius 2 is 2.13 bits per heavy atom. The first kappa shape index (κ1) is 12.1. The third-order valence-corrected chi connectivity index (χ3v) is 2.09. The van der Waals surface area contributed by atoms with Crippen molar-refractivity contribution in [1.29, 1.82) is 0 Å². The van der Waals surface area contributed by atoms with E-state index in [1.165, 1.54) is 6.20 Å². The summed E-state index contributed by atoms with van der Waals surface area (Å²) in [6.07, 6.45) is -0.734. The fourth-order valence-corrected chi connectivity index (χ4v) is 1.26. The smallest absolute Gasteiger partial charge is 0.148 e. The van der Waals surface area contributed by atoms with E-state index >= 15 is 0 Å². The van der Waals surface area contributed by atoms with Gasteiger partial charge in [-0.2, -0.15) is 0 Å². The van der Waals surface area contributed by atoms with Crippen molar-refractivity contribution in [3.8, 4) is 0 Å². The van der Waals surface area contributed by atoms with Crippen LogP contribution < -0.4 is 11.5 Å². The molecule has 0 fully saturated rings. The van der Waals surface area contributed by atoms with Crippen LogP contribution in [0.1, 0.15) is 18.2 Å². The first-order valence-electron chi connectivity index (χ1n) is 4.40. The van der Waals surface area contributed by atoms with Crippen LogP contribution in [0.3, 0.4) is 0 Å². The molecule has 0 radical (unpaired) electrons. The van der Waals surface area contributed by atoms with Crippen molar-refractivity contribution < 1.29 is 10.2 Å². The number of aromatic nitrogens is 2. The molecule has 0 bridgehead atoms. The fourth-order valence-electron chi connectivity index (χ4n) is 1.12. The van der Waals surface area contributed by atoms with Crippen LogP contribution in [0.25, 0.3) is 0 Å². The average Bonchev–Trinajstić information content (AvgIpc) is 2.21. The minimum atomic E-state index is -1.22. The lowest BCUT2D eigenvalue weighted by molar-refractivity contribution is 0.0128. The van der Waals surface area contributed by atoms with E-state index in [0.717, 1.165) is 0 Å². The molecule has 1 aromatic heterocycles. The zero-order valence-electron chi connectivity index (χ0n) is 7.97. The highest BCUT2D eigenvalue weighted by Gasteiger charge is 2.22. The SMILES string of the molecule is NCCC(O)C(O)c1nc(Cl)cnc1N. The maximum absolute atomic E-state index is 9.68. The molecule has 0 saturated carbocycles. The van der Waals surface area contributed by atoms with Crippen LogP contribution in [0.4, 0.5) is 5.82 Å². The summed E-state index contributed by atoms with van der Waals surface area (Å²) in [5.41, 5.74) is 10.8. The van der Waals surface area contributed by atoms with Crippen molar-refractivity contribution in [1.82, 2.24) is 9.97 Å². The van der Waals surface area contributed by atoms with Crippen molar-refractivity contribution >= 4 is 17.4 Å². The Hall–Kier alpha value is -0.950. The van der Waals surface area contributed by atoms with Gasteiger partial charge < -0.3 is 21.7 Å². The van der Waals surface area contributed by atoms with E-state index in [1.54, 1.807) is 0 Å². The Morgan fingerprint density at radius 3 is 2.73 bits per heavy atom. The molecule has 0 amide bonds. The number of aliphatic hydroxyl groups is 2. The largest absolute Gasteiger partial charge is 0.390 e. The first-order valence-corrected chi connectivity index (χ1v) is 4.78. The van der Waals surface area contributed by atoms with Crippen LogP contribution in [0.15, 0.2) is 6.20 Å². The predicted octanol–water partition coefficient (Wildman–Crippen LogP) is -0.545. The van der Waals surface area contributed by atoms with E-state index in [-0.39, 0.29) is 29.6 Å². The first-order chi connectivity index (χ1) is 7.06. The van der Waals surface area contributed by atoms with Gasteiger partial charge in [-0.05, 0) is 13.0 Å². The van der Waals surface area contributed by atoms with Crippen molar-refractivity contribution in [3.63, 3.8) is 0 Å². The highest BCUT2D eigenvalue weighted by molar-refractivity contribution is 6.29. The van der Waals surface area contributed by atoms with Gasteiger partial charge >= 0.3 is 0 Å². The summed E-state index contributed by atoms with van der Waals surface area (Å²) in [4.78, 5) is 7.53. The molecule has 0 saturated heterocycles. The number of halogens is 1. The summed E-state index contributed by atoms with van der Waals surface area (Å²) in [6.45, 7) is 0.256. The van der Waals surface area contributed by atoms with Crippen molar-refractivity contribution in [2.75, 3.05) is 12.3 Å². The Bertz CT molecular complexity index is 336. The summed E-state index contributed by atoms with van der Waals surface area (Å²) >= 11 is 5.60. The van der Waals surface area contributed by atoms with Crippen molar-refractivity contribution in [2.45, 2.75) is 18.6 Å². The predicted molar refractivity (Wildman–Crippen MR) is 56.1 cm³/mol. The van der Waals surface area contributed by atoms with Gasteiger partial charge in [0.05, 0.1) is 12.3 Å². The summed E-state index contributed by atoms with van der Waals surface area (Å²) in [5, 5.41) is 19.3. The molecule has 1 heterocycles. The van der Waals surface area contributed by atoms with Gasteiger partial charge in [0.1, 0.15) is 22.8 Å². The van der Waals surface area contributed by atoms with E-state index in [4.69, 9.17) is 23.1 Å². The molecule has 0 aliphatic heterocycles. The second-order valence-electron chi connectivity index (χ2n) is 3.05. The molecule has 7 heteroatoms. The number of nitrogens with zero attached hydrogens (tertiary/aromatic N) is 2. The highest BCUT2D eigenvalue weighted by Crippen LogP contribution is 2.22. The van der Waals surface area contributed by atoms with E-state index in [1.807, 2.05) is 0 Å². The summed E-state index contributed by atoms with van der Waals surface area (Å²) in [5.74, 6) is 0.0444. The van der Waals surface area contributed by atoms with E-state index in [9.17, 15) is 10.2 Å². The molecule has 0 aliphatic carbocycles. The minimum Gasteiger partial charge on any atom is -0.390 e. The third-order valence-electron chi connectivity index (χ3n) is 1.91. The molecule has 6 nitrogen and oxygen atoms in total. The molecule has 1 aromatic rings. The molecule has 15 heavy (non-hydrogen) atoms. The standard InChI is InChI=1S/C8H13ClN4O2/c9-5-3-12-8(11)6(13-5)7(15)4(14)1-2-10/h3-4,7,14-15H,1-2,10H2,(H2,11,12). The van der Waals surface area contributed by atoms with Gasteiger partial charge in [0, 0.05) is 0 Å². The van der Waals surface area contributed by atoms with Crippen LogP contribution in [0.2, 0.25) is 5.15 Å². The Balaban J connectivity index is 2.89. The van der Waals surface area contributed by atoms with Crippen LogP contribution in [-0.4, -0.2) is 32.8 Å². The number of anilines is 1. The van der Waals surface area contributed by atoms with Gasteiger partial charge in [-0.25, -0.2) is 9.97 Å². The maximum Gasteiger partial charge on any atom is 0.148 e.